The van der Waals surface area contributed by atoms with Crippen LogP contribution in [0.15, 0.2) is 81.3 Å². The topological polar surface area (TPSA) is 130 Å². The number of hydrogen-bond donors (Lipinski definition) is 2. The summed E-state index contributed by atoms with van der Waals surface area (Å²) in [4.78, 5) is 15.5. The van der Waals surface area contributed by atoms with Gasteiger partial charge < -0.3 is 4.98 Å². The lowest BCUT2D eigenvalue weighted by atomic mass is 10.1. The monoisotopic (exact) mass is 655 g/mol. The number of fused-ring (bicyclic) bond motifs is 1. The fourth-order valence-electron chi connectivity index (χ4n) is 4.15. The predicted molar refractivity (Wildman–Crippen MR) is 157 cm³/mol. The van der Waals surface area contributed by atoms with Gasteiger partial charge in [-0.15, -0.1) is 0 Å². The highest BCUT2D eigenvalue weighted by Gasteiger charge is 2.24. The smallest absolute Gasteiger partial charge is 0.259 e. The van der Waals surface area contributed by atoms with Crippen LogP contribution < -0.4 is 5.56 Å². The predicted octanol–water partition coefficient (Wildman–Crippen LogP) is 6.48. The number of halogens is 4. The van der Waals surface area contributed by atoms with Crippen LogP contribution in [-0.4, -0.2) is 32.0 Å². The number of pyridine rings is 1. The molecule has 0 bridgehead atoms. The van der Waals surface area contributed by atoms with Crippen LogP contribution in [0.2, 0.25) is 20.1 Å². The number of rotatable bonds is 7. The number of nitrogens with zero attached hydrogens (tertiary/aromatic N) is 1. The van der Waals surface area contributed by atoms with E-state index in [2.05, 4.69) is 15.2 Å². The van der Waals surface area contributed by atoms with Gasteiger partial charge >= 0.3 is 0 Å². The van der Waals surface area contributed by atoms with E-state index in [1.807, 2.05) is 0 Å². The molecular formula is C26H17Cl4N3O5S2. The molecule has 0 atom stereocenters. The van der Waals surface area contributed by atoms with Crippen molar-refractivity contribution in [3.05, 3.63) is 108 Å². The lowest BCUT2D eigenvalue weighted by molar-refractivity contribution is 0.593. The van der Waals surface area contributed by atoms with Gasteiger partial charge in [-0.05, 0) is 53.6 Å². The van der Waals surface area contributed by atoms with Crippen molar-refractivity contribution in [3.63, 3.8) is 0 Å². The van der Waals surface area contributed by atoms with Gasteiger partial charge in [-0.3, -0.25) is 9.89 Å². The first-order valence-corrected chi connectivity index (χ1v) is 16.2. The number of benzene rings is 3. The molecule has 5 aromatic rings. The first kappa shape index (κ1) is 28.7. The molecule has 3 aromatic carbocycles. The van der Waals surface area contributed by atoms with Crippen LogP contribution in [0, 0.1) is 0 Å². The summed E-state index contributed by atoms with van der Waals surface area (Å²) in [6.45, 7) is 0. The Kier molecular flexibility index (Phi) is 7.77. The quantitative estimate of drug-likeness (QED) is 0.206. The summed E-state index contributed by atoms with van der Waals surface area (Å²) in [7, 11) is -7.73. The summed E-state index contributed by atoms with van der Waals surface area (Å²) in [5.41, 5.74) is 1.29. The van der Waals surface area contributed by atoms with Crippen molar-refractivity contribution in [2.75, 3.05) is 0 Å². The van der Waals surface area contributed by atoms with Crippen molar-refractivity contribution < 1.29 is 16.8 Å². The lowest BCUT2D eigenvalue weighted by Gasteiger charge is -2.09. The van der Waals surface area contributed by atoms with Crippen LogP contribution in [0.4, 0.5) is 0 Å². The summed E-state index contributed by atoms with van der Waals surface area (Å²) in [6.07, 6.45) is 0. The minimum Gasteiger partial charge on any atom is -0.321 e. The molecule has 2 heterocycles. The highest BCUT2D eigenvalue weighted by atomic mass is 35.5. The van der Waals surface area contributed by atoms with Gasteiger partial charge in [0.25, 0.3) is 5.56 Å². The van der Waals surface area contributed by atoms with Crippen LogP contribution in [0.25, 0.3) is 22.2 Å². The van der Waals surface area contributed by atoms with Gasteiger partial charge in [0.15, 0.2) is 19.7 Å². The van der Waals surface area contributed by atoms with E-state index < -0.39 is 31.0 Å². The SMILES string of the molecule is O=c1[nH]c(-c2ccc(CS(=O)(=O)c3cc(Cl)ccc3Cl)cc2)cc2n[nH]c(CS(=O)(=O)c3cc(Cl)ccc3Cl)c12. The Morgan fingerprint density at radius 3 is 1.82 bits per heavy atom. The molecular weight excluding hydrogens is 640 g/mol. The van der Waals surface area contributed by atoms with E-state index in [4.69, 9.17) is 46.4 Å². The summed E-state index contributed by atoms with van der Waals surface area (Å²) in [5.74, 6) is -0.859. The molecule has 0 aliphatic heterocycles. The lowest BCUT2D eigenvalue weighted by Crippen LogP contribution is -2.11. The molecule has 206 valence electrons. The van der Waals surface area contributed by atoms with Crippen molar-refractivity contribution in [2.45, 2.75) is 21.3 Å². The molecule has 0 aliphatic carbocycles. The molecule has 0 radical (unpaired) electrons. The third-order valence-electron chi connectivity index (χ3n) is 6.04. The number of hydrogen-bond acceptors (Lipinski definition) is 6. The summed E-state index contributed by atoms with van der Waals surface area (Å²) >= 11 is 24.0. The zero-order chi connectivity index (χ0) is 28.8. The summed E-state index contributed by atoms with van der Waals surface area (Å²) < 4.78 is 51.8. The zero-order valence-electron chi connectivity index (χ0n) is 20.1. The number of aromatic amines is 2. The van der Waals surface area contributed by atoms with E-state index in [0.717, 1.165) is 0 Å². The molecule has 0 unspecified atom stereocenters. The van der Waals surface area contributed by atoms with E-state index in [1.165, 1.54) is 36.4 Å². The highest BCUT2D eigenvalue weighted by molar-refractivity contribution is 7.91. The fraction of sp³-hybridized carbons (Fsp3) is 0.0769. The van der Waals surface area contributed by atoms with Gasteiger partial charge in [0.05, 0.1) is 48.1 Å². The molecule has 0 fully saturated rings. The third kappa shape index (κ3) is 5.79. The van der Waals surface area contributed by atoms with E-state index in [9.17, 15) is 21.6 Å². The van der Waals surface area contributed by atoms with Crippen LogP contribution in [0.3, 0.4) is 0 Å². The van der Waals surface area contributed by atoms with Gasteiger partial charge in [-0.1, -0.05) is 70.7 Å². The van der Waals surface area contributed by atoms with Crippen molar-refractivity contribution >= 4 is 77.0 Å². The summed E-state index contributed by atoms with van der Waals surface area (Å²) in [6, 6.07) is 16.5. The van der Waals surface area contributed by atoms with Crippen LogP contribution in [-0.2, 0) is 31.2 Å². The van der Waals surface area contributed by atoms with Crippen molar-refractivity contribution in [2.24, 2.45) is 0 Å². The standard InChI is InChI=1S/C26H17Cl4N3O5S2/c27-16-5-7-18(29)23(9-16)39(35,36)12-14-1-3-15(4-2-14)20-11-21-25(26(34)31-20)22(33-32-21)13-40(37,38)24-10-17(28)6-8-19(24)30/h1-11H,12-13H2,(H,31,34)(H,32,33). The van der Waals surface area contributed by atoms with Gasteiger partial charge in [0.1, 0.15) is 5.52 Å². The van der Waals surface area contributed by atoms with Gasteiger partial charge in [0, 0.05) is 10.0 Å². The zero-order valence-corrected chi connectivity index (χ0v) is 24.7. The fourth-order valence-corrected chi connectivity index (χ4v) is 8.43. The Balaban J connectivity index is 1.42. The molecule has 0 saturated heterocycles. The Hall–Kier alpha value is -2.86. The molecule has 0 spiro atoms. The van der Waals surface area contributed by atoms with Crippen LogP contribution >= 0.6 is 46.4 Å². The minimum atomic E-state index is -3.96. The largest absolute Gasteiger partial charge is 0.321 e. The first-order valence-electron chi connectivity index (χ1n) is 11.4. The van der Waals surface area contributed by atoms with Crippen molar-refractivity contribution in [1.82, 2.24) is 15.2 Å². The normalized spacial score (nSPS) is 12.2. The summed E-state index contributed by atoms with van der Waals surface area (Å²) in [5, 5.41) is 7.40. The number of aromatic nitrogens is 3. The molecule has 2 N–H and O–H groups in total. The molecule has 0 saturated carbocycles. The van der Waals surface area contributed by atoms with E-state index >= 15 is 0 Å². The average molecular weight is 657 g/mol. The Morgan fingerprint density at radius 2 is 1.25 bits per heavy atom. The maximum Gasteiger partial charge on any atom is 0.259 e. The molecule has 2 aromatic heterocycles. The second-order valence-electron chi connectivity index (χ2n) is 8.84. The molecule has 5 rings (SSSR count). The van der Waals surface area contributed by atoms with Crippen molar-refractivity contribution in [3.8, 4) is 11.3 Å². The van der Waals surface area contributed by atoms with Crippen LogP contribution in [0.5, 0.6) is 0 Å². The van der Waals surface area contributed by atoms with Gasteiger partial charge in [-0.2, -0.15) is 5.10 Å². The van der Waals surface area contributed by atoms with Crippen LogP contribution in [0.1, 0.15) is 11.3 Å². The highest BCUT2D eigenvalue weighted by Crippen LogP contribution is 2.30. The van der Waals surface area contributed by atoms with E-state index in [0.29, 0.717) is 16.8 Å². The second kappa shape index (κ2) is 10.8. The first-order chi connectivity index (χ1) is 18.8. The Bertz CT molecular complexity index is 2060. The van der Waals surface area contributed by atoms with Crippen molar-refractivity contribution in [1.29, 1.82) is 0 Å². The maximum atomic E-state index is 13.0. The van der Waals surface area contributed by atoms with Gasteiger partial charge in [0.2, 0.25) is 0 Å². The second-order valence-corrected chi connectivity index (χ2v) is 14.4. The molecule has 40 heavy (non-hydrogen) atoms. The Morgan fingerprint density at radius 1 is 0.700 bits per heavy atom. The molecule has 0 aliphatic rings. The maximum absolute atomic E-state index is 13.0. The van der Waals surface area contributed by atoms with E-state index in [1.54, 1.807) is 30.3 Å². The number of H-pyrrole nitrogens is 2. The molecule has 0 amide bonds. The third-order valence-corrected chi connectivity index (χ3v) is 10.8. The molecule has 8 nitrogen and oxygen atoms in total. The number of sulfone groups is 2. The minimum absolute atomic E-state index is 0.0105. The molecule has 14 heteroatoms. The van der Waals surface area contributed by atoms with Gasteiger partial charge in [-0.25, -0.2) is 16.8 Å². The Labute approximate surface area is 248 Å². The average Bonchev–Trinajstić information content (AvgIpc) is 3.29. The van der Waals surface area contributed by atoms with E-state index in [-0.39, 0.29) is 52.2 Å². The number of nitrogens with one attached hydrogen (secondary N) is 2.